The Morgan fingerprint density at radius 3 is 2.67 bits per heavy atom. The van der Waals surface area contributed by atoms with Crippen molar-refractivity contribution in [3.63, 3.8) is 0 Å². The van der Waals surface area contributed by atoms with E-state index in [0.29, 0.717) is 0 Å². The van der Waals surface area contributed by atoms with Gasteiger partial charge in [-0.25, -0.2) is 0 Å². The van der Waals surface area contributed by atoms with Gasteiger partial charge >= 0.3 is 0 Å². The third-order valence-corrected chi connectivity index (χ3v) is 4.78. The first-order valence-electron chi connectivity index (χ1n) is 8.30. The highest BCUT2D eigenvalue weighted by molar-refractivity contribution is 7.99. The van der Waals surface area contributed by atoms with Crippen LogP contribution in [0.25, 0.3) is 11.4 Å². The maximum absolute atomic E-state index is 4.45. The summed E-state index contributed by atoms with van der Waals surface area (Å²) in [6.07, 6.45) is 5.76. The number of benzene rings is 1. The number of rotatable bonds is 7. The van der Waals surface area contributed by atoms with Crippen molar-refractivity contribution < 1.29 is 0 Å². The van der Waals surface area contributed by atoms with Gasteiger partial charge in [-0.3, -0.25) is 4.98 Å². The van der Waals surface area contributed by atoms with Gasteiger partial charge in [0.2, 0.25) is 0 Å². The van der Waals surface area contributed by atoms with Gasteiger partial charge in [0.15, 0.2) is 11.0 Å². The second-order valence-corrected chi connectivity index (χ2v) is 6.84. The summed E-state index contributed by atoms with van der Waals surface area (Å²) in [7, 11) is 0. The second-order valence-electron chi connectivity index (χ2n) is 5.78. The van der Waals surface area contributed by atoms with E-state index in [2.05, 4.69) is 70.0 Å². The van der Waals surface area contributed by atoms with Gasteiger partial charge in [0.05, 0.1) is 0 Å². The van der Waals surface area contributed by atoms with Crippen LogP contribution in [-0.2, 0) is 13.0 Å². The largest absolute Gasteiger partial charge is 0.302 e. The average Bonchev–Trinajstić information content (AvgIpc) is 2.99. The second kappa shape index (κ2) is 8.11. The Morgan fingerprint density at radius 2 is 1.92 bits per heavy atom. The molecule has 0 saturated carbocycles. The Hall–Kier alpha value is -2.14. The van der Waals surface area contributed by atoms with Crippen LogP contribution in [0.15, 0.2) is 53.9 Å². The zero-order valence-electron chi connectivity index (χ0n) is 14.1. The SMILES string of the molecule is CCCn1c(SCCc2ccncc2)nnc1-c1cccc(C)c1. The van der Waals surface area contributed by atoms with E-state index in [4.69, 9.17) is 0 Å². The van der Waals surface area contributed by atoms with Crippen molar-refractivity contribution in [3.05, 3.63) is 59.9 Å². The number of hydrogen-bond donors (Lipinski definition) is 0. The van der Waals surface area contributed by atoms with Gasteiger partial charge in [0.1, 0.15) is 0 Å². The molecular formula is C19H22N4S. The molecule has 4 nitrogen and oxygen atoms in total. The molecule has 0 saturated heterocycles. The summed E-state index contributed by atoms with van der Waals surface area (Å²) in [6, 6.07) is 12.6. The van der Waals surface area contributed by atoms with Gasteiger partial charge in [0.25, 0.3) is 0 Å². The molecule has 0 fully saturated rings. The molecule has 3 rings (SSSR count). The quantitative estimate of drug-likeness (QED) is 0.599. The van der Waals surface area contributed by atoms with Crippen molar-refractivity contribution in [3.8, 4) is 11.4 Å². The predicted molar refractivity (Wildman–Crippen MR) is 99.2 cm³/mol. The van der Waals surface area contributed by atoms with Crippen LogP contribution >= 0.6 is 11.8 Å². The molecule has 0 amide bonds. The number of thioether (sulfide) groups is 1. The maximum atomic E-state index is 4.45. The molecule has 5 heteroatoms. The molecule has 0 unspecified atom stereocenters. The van der Waals surface area contributed by atoms with Crippen molar-refractivity contribution in [2.75, 3.05) is 5.75 Å². The van der Waals surface area contributed by atoms with Gasteiger partial charge in [-0.1, -0.05) is 42.4 Å². The molecule has 0 aliphatic heterocycles. The van der Waals surface area contributed by atoms with E-state index in [1.807, 2.05) is 12.4 Å². The van der Waals surface area contributed by atoms with Gasteiger partial charge in [-0.15, -0.1) is 10.2 Å². The Kier molecular flexibility index (Phi) is 5.64. The summed E-state index contributed by atoms with van der Waals surface area (Å²) in [5, 5.41) is 9.89. The lowest BCUT2D eigenvalue weighted by molar-refractivity contribution is 0.626. The summed E-state index contributed by atoms with van der Waals surface area (Å²) in [5.74, 6) is 1.95. The Morgan fingerprint density at radius 1 is 1.08 bits per heavy atom. The monoisotopic (exact) mass is 338 g/mol. The van der Waals surface area contributed by atoms with E-state index in [1.54, 1.807) is 11.8 Å². The minimum Gasteiger partial charge on any atom is -0.302 e. The summed E-state index contributed by atoms with van der Waals surface area (Å²) in [5.41, 5.74) is 3.68. The van der Waals surface area contributed by atoms with E-state index in [1.165, 1.54) is 11.1 Å². The maximum Gasteiger partial charge on any atom is 0.191 e. The molecule has 0 bridgehead atoms. The summed E-state index contributed by atoms with van der Waals surface area (Å²) >= 11 is 1.77. The Labute approximate surface area is 147 Å². The van der Waals surface area contributed by atoms with Crippen molar-refractivity contribution in [1.29, 1.82) is 0 Å². The van der Waals surface area contributed by atoms with E-state index in [9.17, 15) is 0 Å². The van der Waals surface area contributed by atoms with Crippen molar-refractivity contribution in [2.45, 2.75) is 38.4 Å². The summed E-state index contributed by atoms with van der Waals surface area (Å²) in [6.45, 7) is 5.23. The molecular weight excluding hydrogens is 316 g/mol. The van der Waals surface area contributed by atoms with E-state index in [-0.39, 0.29) is 0 Å². The highest BCUT2D eigenvalue weighted by atomic mass is 32.2. The molecule has 2 aromatic heterocycles. The van der Waals surface area contributed by atoms with Crippen LogP contribution in [0, 0.1) is 6.92 Å². The lowest BCUT2D eigenvalue weighted by atomic mass is 10.1. The molecule has 3 aromatic rings. The first-order valence-corrected chi connectivity index (χ1v) is 9.28. The molecule has 0 aliphatic carbocycles. The van der Waals surface area contributed by atoms with E-state index in [0.717, 1.165) is 41.7 Å². The van der Waals surface area contributed by atoms with Crippen LogP contribution in [0.2, 0.25) is 0 Å². The Balaban J connectivity index is 1.76. The van der Waals surface area contributed by atoms with Gasteiger partial charge in [-0.2, -0.15) is 0 Å². The number of aromatic nitrogens is 4. The third kappa shape index (κ3) is 4.03. The lowest BCUT2D eigenvalue weighted by Gasteiger charge is -2.09. The Bertz CT molecular complexity index is 783. The lowest BCUT2D eigenvalue weighted by Crippen LogP contribution is -2.02. The third-order valence-electron chi connectivity index (χ3n) is 3.81. The number of aryl methyl sites for hydroxylation is 2. The van der Waals surface area contributed by atoms with Crippen molar-refractivity contribution >= 4 is 11.8 Å². The van der Waals surface area contributed by atoms with Crippen LogP contribution in [0.1, 0.15) is 24.5 Å². The number of nitrogens with zero attached hydrogens (tertiary/aromatic N) is 4. The molecule has 2 heterocycles. The van der Waals surface area contributed by atoms with Crippen LogP contribution in [0.5, 0.6) is 0 Å². The van der Waals surface area contributed by atoms with Crippen LogP contribution in [-0.4, -0.2) is 25.5 Å². The first kappa shape index (κ1) is 16.7. The van der Waals surface area contributed by atoms with Gasteiger partial charge < -0.3 is 4.57 Å². The zero-order valence-corrected chi connectivity index (χ0v) is 15.0. The summed E-state index contributed by atoms with van der Waals surface area (Å²) < 4.78 is 2.24. The molecule has 0 spiro atoms. The minimum atomic E-state index is 0.938. The molecule has 1 aromatic carbocycles. The van der Waals surface area contributed by atoms with Gasteiger partial charge in [-0.05, 0) is 43.5 Å². The van der Waals surface area contributed by atoms with Crippen molar-refractivity contribution in [1.82, 2.24) is 19.7 Å². The first-order chi connectivity index (χ1) is 11.8. The van der Waals surface area contributed by atoms with E-state index < -0.39 is 0 Å². The standard InChI is InChI=1S/C19H22N4S/c1-3-12-23-18(17-6-4-5-15(2)14-17)21-22-19(23)24-13-9-16-7-10-20-11-8-16/h4-8,10-11,14H,3,9,12-13H2,1-2H3. The molecule has 0 radical (unpaired) electrons. The highest BCUT2D eigenvalue weighted by Crippen LogP contribution is 2.25. The molecule has 124 valence electrons. The number of pyridine rings is 1. The normalized spacial score (nSPS) is 10.9. The topological polar surface area (TPSA) is 43.6 Å². The minimum absolute atomic E-state index is 0.938. The zero-order chi connectivity index (χ0) is 16.8. The van der Waals surface area contributed by atoms with Crippen LogP contribution in [0.3, 0.4) is 0 Å². The van der Waals surface area contributed by atoms with Gasteiger partial charge in [0, 0.05) is 30.3 Å². The predicted octanol–water partition coefficient (Wildman–Crippen LogP) is 4.39. The van der Waals surface area contributed by atoms with E-state index >= 15 is 0 Å². The molecule has 0 aliphatic rings. The molecule has 0 N–H and O–H groups in total. The fraction of sp³-hybridized carbons (Fsp3) is 0.316. The highest BCUT2D eigenvalue weighted by Gasteiger charge is 2.13. The van der Waals surface area contributed by atoms with Crippen molar-refractivity contribution in [2.24, 2.45) is 0 Å². The van der Waals surface area contributed by atoms with Crippen LogP contribution < -0.4 is 0 Å². The fourth-order valence-electron chi connectivity index (χ4n) is 2.63. The average molecular weight is 338 g/mol. The fourth-order valence-corrected chi connectivity index (χ4v) is 3.58. The molecule has 24 heavy (non-hydrogen) atoms. The van der Waals surface area contributed by atoms with Crippen LogP contribution in [0.4, 0.5) is 0 Å². The summed E-state index contributed by atoms with van der Waals surface area (Å²) in [4.78, 5) is 4.06. The number of hydrogen-bond acceptors (Lipinski definition) is 4. The smallest absolute Gasteiger partial charge is 0.191 e. The molecule has 0 atom stereocenters.